The summed E-state index contributed by atoms with van der Waals surface area (Å²) in [6.07, 6.45) is 0. The van der Waals surface area contributed by atoms with Gasteiger partial charge in [-0.15, -0.1) is 0 Å². The van der Waals surface area contributed by atoms with Crippen molar-refractivity contribution in [3.8, 4) is 0 Å². The third kappa shape index (κ3) is 3.69. The maximum Gasteiger partial charge on any atom is 0.0594 e. The van der Waals surface area contributed by atoms with Crippen molar-refractivity contribution in [2.24, 2.45) is 0 Å². The van der Waals surface area contributed by atoms with Gasteiger partial charge in [-0.3, -0.25) is 4.90 Å². The van der Waals surface area contributed by atoms with Crippen LogP contribution in [-0.2, 0) is 11.3 Å². The van der Waals surface area contributed by atoms with E-state index in [1.807, 2.05) is 0 Å². The molecule has 4 nitrogen and oxygen atoms in total. The molecule has 0 spiro atoms. The Balaban J connectivity index is 1.56. The van der Waals surface area contributed by atoms with Gasteiger partial charge in [0.25, 0.3) is 0 Å². The third-order valence-corrected chi connectivity index (χ3v) is 4.42. The lowest BCUT2D eigenvalue weighted by molar-refractivity contribution is 0.0384. The number of hydrogen-bond donors (Lipinski definition) is 2. The summed E-state index contributed by atoms with van der Waals surface area (Å²) in [4.78, 5) is 5.99. The highest BCUT2D eigenvalue weighted by atomic mass is 16.5. The quantitative estimate of drug-likeness (QED) is 0.806. The molecule has 0 saturated carbocycles. The molecule has 0 unspecified atom stereocenters. The molecule has 0 aliphatic carbocycles. The summed E-state index contributed by atoms with van der Waals surface area (Å²) < 4.78 is 5.38. The Bertz CT molecular complexity index is 599. The van der Waals surface area contributed by atoms with Crippen molar-refractivity contribution < 1.29 is 4.74 Å². The zero-order valence-electron chi connectivity index (χ0n) is 13.7. The van der Waals surface area contributed by atoms with Gasteiger partial charge in [0.05, 0.1) is 13.2 Å². The Labute approximate surface area is 132 Å². The number of nitrogens with one attached hydrogen (secondary N) is 2. The first kappa shape index (κ1) is 15.5. The molecule has 0 atom stereocenters. The van der Waals surface area contributed by atoms with E-state index in [0.29, 0.717) is 5.92 Å². The van der Waals surface area contributed by atoms with Crippen LogP contribution in [0.3, 0.4) is 0 Å². The number of hydrogen-bond acceptors (Lipinski definition) is 3. The first-order valence-corrected chi connectivity index (χ1v) is 8.35. The van der Waals surface area contributed by atoms with Gasteiger partial charge in [-0.1, -0.05) is 26.0 Å². The predicted molar refractivity (Wildman–Crippen MR) is 91.4 cm³/mol. The normalized spacial score (nSPS) is 16.7. The van der Waals surface area contributed by atoms with Crippen LogP contribution in [0.4, 0.5) is 0 Å². The predicted octanol–water partition coefficient (Wildman–Crippen LogP) is 2.71. The minimum absolute atomic E-state index is 0.537. The van der Waals surface area contributed by atoms with E-state index in [4.69, 9.17) is 4.74 Å². The Morgan fingerprint density at radius 1 is 1.27 bits per heavy atom. The number of fused-ring (bicyclic) bond motifs is 1. The van der Waals surface area contributed by atoms with E-state index in [9.17, 15) is 0 Å². The summed E-state index contributed by atoms with van der Waals surface area (Å²) in [7, 11) is 0. The Morgan fingerprint density at radius 3 is 2.86 bits per heavy atom. The van der Waals surface area contributed by atoms with E-state index < -0.39 is 0 Å². The first-order valence-electron chi connectivity index (χ1n) is 8.35. The summed E-state index contributed by atoms with van der Waals surface area (Å²) in [5, 5.41) is 4.94. The number of aromatic amines is 1. The minimum Gasteiger partial charge on any atom is -0.379 e. The van der Waals surface area contributed by atoms with Crippen molar-refractivity contribution in [3.05, 3.63) is 35.5 Å². The highest BCUT2D eigenvalue weighted by Gasteiger charge is 2.10. The number of benzene rings is 1. The molecule has 3 rings (SSSR count). The molecule has 0 bridgehead atoms. The summed E-state index contributed by atoms with van der Waals surface area (Å²) in [6.45, 7) is 11.4. The standard InChI is InChI=1S/C18H27N3O/c1-14(2)18-12-16-15(4-3-5-17(16)20-18)13-19-6-7-21-8-10-22-11-9-21/h3-5,12,14,19-20H,6-11,13H2,1-2H3. The SMILES string of the molecule is CC(C)c1cc2c(CNCCN3CCOCC3)cccc2[nH]1. The lowest BCUT2D eigenvalue weighted by Gasteiger charge is -2.26. The van der Waals surface area contributed by atoms with E-state index in [0.717, 1.165) is 45.9 Å². The molecule has 1 saturated heterocycles. The fraction of sp³-hybridized carbons (Fsp3) is 0.556. The molecule has 1 aromatic carbocycles. The van der Waals surface area contributed by atoms with Crippen LogP contribution in [-0.4, -0.2) is 49.3 Å². The molecule has 120 valence electrons. The summed E-state index contributed by atoms with van der Waals surface area (Å²) in [6, 6.07) is 8.83. The number of rotatable bonds is 6. The van der Waals surface area contributed by atoms with Crippen LogP contribution in [0.1, 0.15) is 31.0 Å². The highest BCUT2D eigenvalue weighted by molar-refractivity contribution is 5.84. The molecular formula is C18H27N3O. The van der Waals surface area contributed by atoms with Gasteiger partial charge in [-0.05, 0) is 23.6 Å². The van der Waals surface area contributed by atoms with Crippen LogP contribution < -0.4 is 5.32 Å². The molecule has 0 radical (unpaired) electrons. The monoisotopic (exact) mass is 301 g/mol. The molecule has 1 fully saturated rings. The van der Waals surface area contributed by atoms with Crippen molar-refractivity contribution >= 4 is 10.9 Å². The highest BCUT2D eigenvalue weighted by Crippen LogP contribution is 2.23. The van der Waals surface area contributed by atoms with Gasteiger partial charge >= 0.3 is 0 Å². The molecule has 1 aliphatic rings. The van der Waals surface area contributed by atoms with E-state index in [2.05, 4.69) is 53.3 Å². The van der Waals surface area contributed by atoms with E-state index in [-0.39, 0.29) is 0 Å². The number of ether oxygens (including phenoxy) is 1. The summed E-state index contributed by atoms with van der Waals surface area (Å²) in [5.41, 5.74) is 3.94. The van der Waals surface area contributed by atoms with Crippen molar-refractivity contribution in [1.29, 1.82) is 0 Å². The Kier molecular flexibility index (Phi) is 5.13. The van der Waals surface area contributed by atoms with Crippen molar-refractivity contribution in [2.75, 3.05) is 39.4 Å². The number of H-pyrrole nitrogens is 1. The van der Waals surface area contributed by atoms with Crippen molar-refractivity contribution in [2.45, 2.75) is 26.3 Å². The number of morpholine rings is 1. The van der Waals surface area contributed by atoms with Gasteiger partial charge in [0.2, 0.25) is 0 Å². The third-order valence-electron chi connectivity index (χ3n) is 4.42. The maximum absolute atomic E-state index is 5.38. The number of nitrogens with zero attached hydrogens (tertiary/aromatic N) is 1. The van der Waals surface area contributed by atoms with E-state index in [1.165, 1.54) is 22.2 Å². The molecule has 1 aromatic heterocycles. The average molecular weight is 301 g/mol. The van der Waals surface area contributed by atoms with Crippen LogP contribution in [0.15, 0.2) is 24.3 Å². The van der Waals surface area contributed by atoms with Crippen molar-refractivity contribution in [3.63, 3.8) is 0 Å². The molecule has 2 aromatic rings. The Hall–Kier alpha value is -1.36. The minimum atomic E-state index is 0.537. The van der Waals surface area contributed by atoms with Crippen LogP contribution in [0.5, 0.6) is 0 Å². The largest absolute Gasteiger partial charge is 0.379 e. The molecule has 22 heavy (non-hydrogen) atoms. The second-order valence-electron chi connectivity index (χ2n) is 6.39. The smallest absolute Gasteiger partial charge is 0.0594 e. The fourth-order valence-electron chi connectivity index (χ4n) is 2.99. The molecule has 0 amide bonds. The van der Waals surface area contributed by atoms with Gasteiger partial charge in [0.15, 0.2) is 0 Å². The second kappa shape index (κ2) is 7.27. The van der Waals surface area contributed by atoms with Crippen LogP contribution in [0, 0.1) is 0 Å². The van der Waals surface area contributed by atoms with Crippen LogP contribution >= 0.6 is 0 Å². The second-order valence-corrected chi connectivity index (χ2v) is 6.39. The topological polar surface area (TPSA) is 40.3 Å². The van der Waals surface area contributed by atoms with Gasteiger partial charge in [-0.25, -0.2) is 0 Å². The van der Waals surface area contributed by atoms with Gasteiger partial charge in [-0.2, -0.15) is 0 Å². The van der Waals surface area contributed by atoms with Gasteiger partial charge in [0, 0.05) is 49.3 Å². The van der Waals surface area contributed by atoms with Crippen molar-refractivity contribution in [1.82, 2.24) is 15.2 Å². The molecule has 1 aliphatic heterocycles. The fourth-order valence-corrected chi connectivity index (χ4v) is 2.99. The van der Waals surface area contributed by atoms with Gasteiger partial charge < -0.3 is 15.0 Å². The molecule has 2 heterocycles. The lowest BCUT2D eigenvalue weighted by Crippen LogP contribution is -2.40. The molecular weight excluding hydrogens is 274 g/mol. The average Bonchev–Trinajstić information content (AvgIpc) is 2.98. The number of aromatic nitrogens is 1. The van der Waals surface area contributed by atoms with Gasteiger partial charge in [0.1, 0.15) is 0 Å². The Morgan fingerprint density at radius 2 is 2.09 bits per heavy atom. The first-order chi connectivity index (χ1) is 10.7. The van der Waals surface area contributed by atoms with Crippen LogP contribution in [0.25, 0.3) is 10.9 Å². The summed E-state index contributed by atoms with van der Waals surface area (Å²) in [5.74, 6) is 0.537. The lowest BCUT2D eigenvalue weighted by atomic mass is 10.1. The molecule has 2 N–H and O–H groups in total. The zero-order valence-corrected chi connectivity index (χ0v) is 13.7. The van der Waals surface area contributed by atoms with E-state index in [1.54, 1.807) is 0 Å². The molecule has 4 heteroatoms. The summed E-state index contributed by atoms with van der Waals surface area (Å²) >= 11 is 0. The maximum atomic E-state index is 5.38. The van der Waals surface area contributed by atoms with Crippen LogP contribution in [0.2, 0.25) is 0 Å². The zero-order chi connectivity index (χ0) is 15.4. The van der Waals surface area contributed by atoms with E-state index >= 15 is 0 Å².